The molecule has 1 atom stereocenters. The van der Waals surface area contributed by atoms with Gasteiger partial charge in [0, 0.05) is 5.69 Å². The second-order valence-corrected chi connectivity index (χ2v) is 6.97. The van der Waals surface area contributed by atoms with Crippen molar-refractivity contribution in [1.29, 1.82) is 0 Å². The maximum atomic E-state index is 12.5. The van der Waals surface area contributed by atoms with Crippen molar-refractivity contribution in [2.75, 3.05) is 12.4 Å². The summed E-state index contributed by atoms with van der Waals surface area (Å²) in [5.74, 6) is 1.78. The van der Waals surface area contributed by atoms with Gasteiger partial charge in [0.15, 0.2) is 0 Å². The minimum absolute atomic E-state index is 0.0409. The summed E-state index contributed by atoms with van der Waals surface area (Å²) in [6.07, 6.45) is 2.31. The highest BCUT2D eigenvalue weighted by molar-refractivity contribution is 5.89. The van der Waals surface area contributed by atoms with Gasteiger partial charge in [-0.2, -0.15) is 0 Å². The molecule has 3 rings (SSSR count). The van der Waals surface area contributed by atoms with Crippen molar-refractivity contribution in [3.8, 4) is 5.75 Å². The second-order valence-electron chi connectivity index (χ2n) is 6.97. The minimum Gasteiger partial charge on any atom is -0.497 e. The number of amides is 2. The fourth-order valence-corrected chi connectivity index (χ4v) is 3.00. The van der Waals surface area contributed by atoms with Crippen LogP contribution < -0.4 is 15.4 Å². The van der Waals surface area contributed by atoms with Crippen molar-refractivity contribution < 1.29 is 9.53 Å². The van der Waals surface area contributed by atoms with Crippen LogP contribution in [0.2, 0.25) is 0 Å². The number of carbonyl (C=O) groups is 1. The lowest BCUT2D eigenvalue weighted by Gasteiger charge is -2.20. The van der Waals surface area contributed by atoms with Crippen molar-refractivity contribution in [3.05, 3.63) is 59.7 Å². The molecular formula is C21H26N2O2. The van der Waals surface area contributed by atoms with Gasteiger partial charge < -0.3 is 15.4 Å². The predicted octanol–water partition coefficient (Wildman–Crippen LogP) is 5.09. The Morgan fingerprint density at radius 2 is 1.80 bits per heavy atom. The topological polar surface area (TPSA) is 50.4 Å². The zero-order valence-electron chi connectivity index (χ0n) is 15.1. The van der Waals surface area contributed by atoms with Crippen LogP contribution in [0.4, 0.5) is 10.5 Å². The maximum absolute atomic E-state index is 12.5. The molecule has 0 radical (unpaired) electrons. The van der Waals surface area contributed by atoms with Crippen LogP contribution in [0.25, 0.3) is 0 Å². The normalized spacial score (nSPS) is 14.9. The Labute approximate surface area is 149 Å². The first-order valence-corrected chi connectivity index (χ1v) is 8.88. The van der Waals surface area contributed by atoms with Gasteiger partial charge in [0.05, 0.1) is 13.2 Å². The minimum atomic E-state index is -0.159. The van der Waals surface area contributed by atoms with Gasteiger partial charge in [-0.15, -0.1) is 0 Å². The first-order valence-electron chi connectivity index (χ1n) is 8.88. The molecule has 1 aliphatic carbocycles. The molecule has 0 aromatic heterocycles. The largest absolute Gasteiger partial charge is 0.497 e. The molecular weight excluding hydrogens is 312 g/mol. The van der Waals surface area contributed by atoms with Gasteiger partial charge in [0.25, 0.3) is 0 Å². The fraction of sp³-hybridized carbons (Fsp3) is 0.381. The third kappa shape index (κ3) is 4.53. The van der Waals surface area contributed by atoms with Gasteiger partial charge in [0.2, 0.25) is 0 Å². The van der Waals surface area contributed by atoms with Crippen LogP contribution in [0.3, 0.4) is 0 Å². The summed E-state index contributed by atoms with van der Waals surface area (Å²) >= 11 is 0. The molecule has 2 aromatic carbocycles. The molecule has 4 nitrogen and oxygen atoms in total. The van der Waals surface area contributed by atoms with Gasteiger partial charge in [-0.05, 0) is 60.1 Å². The monoisotopic (exact) mass is 338 g/mol. The number of benzene rings is 2. The highest BCUT2D eigenvalue weighted by Crippen LogP contribution is 2.41. The van der Waals surface area contributed by atoms with Gasteiger partial charge in [-0.3, -0.25) is 0 Å². The molecule has 0 aliphatic heterocycles. The molecule has 0 bridgehead atoms. The van der Waals surface area contributed by atoms with Gasteiger partial charge in [-0.1, -0.05) is 38.1 Å². The molecule has 2 N–H and O–H groups in total. The third-order valence-electron chi connectivity index (χ3n) is 4.67. The lowest BCUT2D eigenvalue weighted by Crippen LogP contribution is -2.33. The number of nitrogens with one attached hydrogen (secondary N) is 2. The number of carbonyl (C=O) groups excluding carboxylic acids is 1. The van der Waals surface area contributed by atoms with E-state index < -0.39 is 0 Å². The van der Waals surface area contributed by atoms with Gasteiger partial charge >= 0.3 is 6.03 Å². The van der Waals surface area contributed by atoms with E-state index >= 15 is 0 Å². The van der Waals surface area contributed by atoms with E-state index in [-0.39, 0.29) is 12.1 Å². The second kappa shape index (κ2) is 7.60. The van der Waals surface area contributed by atoms with Crippen molar-refractivity contribution in [1.82, 2.24) is 5.32 Å². The van der Waals surface area contributed by atoms with Crippen molar-refractivity contribution in [2.24, 2.45) is 5.92 Å². The maximum Gasteiger partial charge on any atom is 0.319 e. The number of hydrogen-bond acceptors (Lipinski definition) is 2. The summed E-state index contributed by atoms with van der Waals surface area (Å²) in [7, 11) is 1.66. The highest BCUT2D eigenvalue weighted by atomic mass is 16.5. The standard InChI is InChI=1S/C21H26N2O2/c1-14(2)17-5-4-6-18(13-17)22-21(24)23-20(15-7-8-15)16-9-11-19(25-3)12-10-16/h4-6,9-15,20H,7-8H2,1-3H3,(H2,22,23,24). The first kappa shape index (κ1) is 17.3. The van der Waals surface area contributed by atoms with Gasteiger partial charge in [0.1, 0.15) is 5.75 Å². The summed E-state index contributed by atoms with van der Waals surface area (Å²) in [4.78, 5) is 12.5. The third-order valence-corrected chi connectivity index (χ3v) is 4.67. The summed E-state index contributed by atoms with van der Waals surface area (Å²) in [5.41, 5.74) is 3.16. The van der Waals surface area contributed by atoms with Crippen LogP contribution in [0.5, 0.6) is 5.75 Å². The SMILES string of the molecule is COc1ccc(C(NC(=O)Nc2cccc(C(C)C)c2)C2CC2)cc1. The van der Waals surface area contributed by atoms with E-state index in [4.69, 9.17) is 4.74 Å². The molecule has 0 spiro atoms. The molecule has 25 heavy (non-hydrogen) atoms. The average Bonchev–Trinajstić information content (AvgIpc) is 3.45. The average molecular weight is 338 g/mol. The highest BCUT2D eigenvalue weighted by Gasteiger charge is 2.33. The van der Waals surface area contributed by atoms with E-state index in [1.807, 2.05) is 42.5 Å². The molecule has 1 unspecified atom stereocenters. The molecule has 0 saturated heterocycles. The predicted molar refractivity (Wildman–Crippen MR) is 101 cm³/mol. The zero-order chi connectivity index (χ0) is 17.8. The Morgan fingerprint density at radius 3 is 2.40 bits per heavy atom. The summed E-state index contributed by atoms with van der Waals surface area (Å²) < 4.78 is 5.22. The Morgan fingerprint density at radius 1 is 1.08 bits per heavy atom. The number of hydrogen-bond donors (Lipinski definition) is 2. The number of anilines is 1. The Hall–Kier alpha value is -2.49. The molecule has 2 amide bonds. The molecule has 4 heteroatoms. The number of ether oxygens (including phenoxy) is 1. The van der Waals surface area contributed by atoms with Crippen molar-refractivity contribution >= 4 is 11.7 Å². The molecule has 1 fully saturated rings. The number of urea groups is 1. The van der Waals surface area contributed by atoms with Crippen LogP contribution in [-0.4, -0.2) is 13.1 Å². The summed E-state index contributed by atoms with van der Waals surface area (Å²) in [6, 6.07) is 15.8. The Balaban J connectivity index is 1.67. The van der Waals surface area contributed by atoms with Crippen LogP contribution >= 0.6 is 0 Å². The molecule has 1 saturated carbocycles. The molecule has 2 aromatic rings. The van der Waals surface area contributed by atoms with Crippen molar-refractivity contribution in [2.45, 2.75) is 38.6 Å². The molecule has 0 heterocycles. The number of methoxy groups -OCH3 is 1. The van der Waals surface area contributed by atoms with Crippen LogP contribution in [0, 0.1) is 5.92 Å². The van der Waals surface area contributed by atoms with E-state index in [9.17, 15) is 4.79 Å². The summed E-state index contributed by atoms with van der Waals surface area (Å²) in [5, 5.41) is 6.11. The van der Waals surface area contributed by atoms with Crippen molar-refractivity contribution in [3.63, 3.8) is 0 Å². The van der Waals surface area contributed by atoms with Crippen LogP contribution in [0.1, 0.15) is 49.8 Å². The lowest BCUT2D eigenvalue weighted by atomic mass is 10.0. The first-order chi connectivity index (χ1) is 12.1. The lowest BCUT2D eigenvalue weighted by molar-refractivity contribution is 0.247. The Bertz CT molecular complexity index is 721. The van der Waals surface area contributed by atoms with E-state index in [0.29, 0.717) is 11.8 Å². The summed E-state index contributed by atoms with van der Waals surface area (Å²) in [6.45, 7) is 4.29. The quantitative estimate of drug-likeness (QED) is 0.770. The van der Waals surface area contributed by atoms with Crippen LogP contribution in [-0.2, 0) is 0 Å². The molecule has 1 aliphatic rings. The zero-order valence-corrected chi connectivity index (χ0v) is 15.1. The fourth-order valence-electron chi connectivity index (χ4n) is 3.00. The van der Waals surface area contributed by atoms with E-state index in [2.05, 4.69) is 30.5 Å². The van der Waals surface area contributed by atoms with Crippen LogP contribution in [0.15, 0.2) is 48.5 Å². The van der Waals surface area contributed by atoms with E-state index in [1.54, 1.807) is 7.11 Å². The Kier molecular flexibility index (Phi) is 5.27. The molecule has 132 valence electrons. The van der Waals surface area contributed by atoms with Gasteiger partial charge in [-0.25, -0.2) is 4.79 Å². The van der Waals surface area contributed by atoms with E-state index in [0.717, 1.165) is 29.8 Å². The smallest absolute Gasteiger partial charge is 0.319 e. The number of rotatable bonds is 6. The van der Waals surface area contributed by atoms with E-state index in [1.165, 1.54) is 5.56 Å².